The molecule has 4 rings (SSSR count). The maximum Gasteiger partial charge on any atom is 0.272 e. The maximum atomic E-state index is 12.6. The molecule has 0 saturated heterocycles. The van der Waals surface area contributed by atoms with E-state index in [1.807, 2.05) is 12.3 Å². The highest BCUT2D eigenvalue weighted by Crippen LogP contribution is 2.35. The SMILES string of the molecule is CN1C(=O)c2c3c(nn2CC1CO)-c1ccncc1CC3. The van der Waals surface area contributed by atoms with Gasteiger partial charge in [0.1, 0.15) is 5.69 Å². The minimum absolute atomic E-state index is 0.0489. The van der Waals surface area contributed by atoms with E-state index in [2.05, 4.69) is 10.1 Å². The summed E-state index contributed by atoms with van der Waals surface area (Å²) >= 11 is 0. The van der Waals surface area contributed by atoms with Crippen molar-refractivity contribution < 1.29 is 9.90 Å². The molecule has 0 spiro atoms. The van der Waals surface area contributed by atoms with Crippen LogP contribution in [0.15, 0.2) is 18.5 Å². The molecule has 21 heavy (non-hydrogen) atoms. The van der Waals surface area contributed by atoms with E-state index in [0.29, 0.717) is 12.2 Å². The highest BCUT2D eigenvalue weighted by molar-refractivity contribution is 5.97. The number of fused-ring (bicyclic) bond motifs is 5. The zero-order valence-corrected chi connectivity index (χ0v) is 11.8. The first-order valence-electron chi connectivity index (χ1n) is 7.11. The van der Waals surface area contributed by atoms with E-state index in [-0.39, 0.29) is 18.6 Å². The van der Waals surface area contributed by atoms with E-state index < -0.39 is 0 Å². The largest absolute Gasteiger partial charge is 0.394 e. The van der Waals surface area contributed by atoms with E-state index in [4.69, 9.17) is 0 Å². The fourth-order valence-electron chi connectivity index (χ4n) is 3.28. The summed E-state index contributed by atoms with van der Waals surface area (Å²) < 4.78 is 1.77. The van der Waals surface area contributed by atoms with Crippen LogP contribution in [0, 0.1) is 0 Å². The van der Waals surface area contributed by atoms with Gasteiger partial charge in [-0.25, -0.2) is 0 Å². The van der Waals surface area contributed by atoms with E-state index in [1.165, 1.54) is 5.56 Å². The molecule has 1 aliphatic carbocycles. The number of hydrogen-bond donors (Lipinski definition) is 1. The summed E-state index contributed by atoms with van der Waals surface area (Å²) in [4.78, 5) is 18.4. The van der Waals surface area contributed by atoms with E-state index in [0.717, 1.165) is 29.7 Å². The number of aliphatic hydroxyl groups is 1. The monoisotopic (exact) mass is 284 g/mol. The smallest absolute Gasteiger partial charge is 0.272 e. The van der Waals surface area contributed by atoms with E-state index >= 15 is 0 Å². The molecule has 1 aliphatic heterocycles. The van der Waals surface area contributed by atoms with Crippen molar-refractivity contribution in [3.63, 3.8) is 0 Å². The summed E-state index contributed by atoms with van der Waals surface area (Å²) in [6, 6.07) is 1.76. The lowest BCUT2D eigenvalue weighted by Crippen LogP contribution is -2.48. The first-order chi connectivity index (χ1) is 10.2. The third-order valence-corrected chi connectivity index (χ3v) is 4.52. The Bertz CT molecular complexity index is 737. The number of nitrogens with zero attached hydrogens (tertiary/aromatic N) is 4. The summed E-state index contributed by atoms with van der Waals surface area (Å²) in [7, 11) is 1.74. The van der Waals surface area contributed by atoms with Crippen molar-refractivity contribution in [1.82, 2.24) is 19.7 Å². The Hall–Kier alpha value is -2.21. The Balaban J connectivity index is 1.90. The minimum atomic E-state index is -0.205. The van der Waals surface area contributed by atoms with Gasteiger partial charge in [0.15, 0.2) is 0 Å². The van der Waals surface area contributed by atoms with Gasteiger partial charge in [-0.2, -0.15) is 5.10 Å². The third kappa shape index (κ3) is 1.65. The number of hydrogen-bond acceptors (Lipinski definition) is 4. The highest BCUT2D eigenvalue weighted by Gasteiger charge is 2.36. The van der Waals surface area contributed by atoms with Crippen molar-refractivity contribution in [2.45, 2.75) is 25.4 Å². The number of amides is 1. The van der Waals surface area contributed by atoms with Crippen LogP contribution in [0.3, 0.4) is 0 Å². The molecule has 0 radical (unpaired) electrons. The molecular weight excluding hydrogens is 268 g/mol. The number of aryl methyl sites for hydroxylation is 1. The fourth-order valence-corrected chi connectivity index (χ4v) is 3.28. The van der Waals surface area contributed by atoms with E-state index in [1.54, 1.807) is 22.8 Å². The predicted octanol–water partition coefficient (Wildman–Crippen LogP) is 0.490. The number of rotatable bonds is 1. The van der Waals surface area contributed by atoms with Gasteiger partial charge in [-0.15, -0.1) is 0 Å². The lowest BCUT2D eigenvalue weighted by Gasteiger charge is -2.32. The van der Waals surface area contributed by atoms with Gasteiger partial charge >= 0.3 is 0 Å². The van der Waals surface area contributed by atoms with Crippen molar-refractivity contribution in [2.24, 2.45) is 0 Å². The third-order valence-electron chi connectivity index (χ3n) is 4.52. The van der Waals surface area contributed by atoms with Gasteiger partial charge in [-0.3, -0.25) is 14.5 Å². The van der Waals surface area contributed by atoms with Crippen molar-refractivity contribution in [1.29, 1.82) is 0 Å². The minimum Gasteiger partial charge on any atom is -0.394 e. The van der Waals surface area contributed by atoms with Crippen LogP contribution < -0.4 is 0 Å². The number of aromatic nitrogens is 3. The zero-order valence-electron chi connectivity index (χ0n) is 11.8. The van der Waals surface area contributed by atoms with Crippen molar-refractivity contribution in [2.75, 3.05) is 13.7 Å². The van der Waals surface area contributed by atoms with Crippen LogP contribution in [0.5, 0.6) is 0 Å². The predicted molar refractivity (Wildman–Crippen MR) is 75.8 cm³/mol. The molecule has 3 heterocycles. The molecule has 6 heteroatoms. The summed E-state index contributed by atoms with van der Waals surface area (Å²) in [5.74, 6) is -0.0495. The van der Waals surface area contributed by atoms with Crippen molar-refractivity contribution >= 4 is 5.91 Å². The molecule has 1 N–H and O–H groups in total. The lowest BCUT2D eigenvalue weighted by atomic mass is 9.90. The van der Waals surface area contributed by atoms with Crippen LogP contribution in [0.4, 0.5) is 0 Å². The highest BCUT2D eigenvalue weighted by atomic mass is 16.3. The van der Waals surface area contributed by atoms with Gasteiger partial charge in [0, 0.05) is 30.6 Å². The summed E-state index contributed by atoms with van der Waals surface area (Å²) in [6.45, 7) is 0.494. The number of pyridine rings is 1. The topological polar surface area (TPSA) is 71.2 Å². The molecule has 0 fully saturated rings. The van der Waals surface area contributed by atoms with Crippen molar-refractivity contribution in [3.05, 3.63) is 35.3 Å². The normalized spacial score (nSPS) is 20.0. The Morgan fingerprint density at radius 2 is 2.29 bits per heavy atom. The first kappa shape index (κ1) is 12.5. The van der Waals surface area contributed by atoms with Gasteiger partial charge in [0.25, 0.3) is 5.91 Å². The molecule has 0 bridgehead atoms. The Morgan fingerprint density at radius 1 is 1.43 bits per heavy atom. The van der Waals surface area contributed by atoms with E-state index in [9.17, 15) is 9.90 Å². The van der Waals surface area contributed by atoms with Gasteiger partial charge < -0.3 is 10.0 Å². The van der Waals surface area contributed by atoms with Gasteiger partial charge in [-0.1, -0.05) is 0 Å². The Labute approximate surface area is 122 Å². The van der Waals surface area contributed by atoms with Crippen LogP contribution in [0.2, 0.25) is 0 Å². The second-order valence-electron chi connectivity index (χ2n) is 5.64. The summed E-state index contributed by atoms with van der Waals surface area (Å²) in [5, 5.41) is 14.1. The zero-order chi connectivity index (χ0) is 14.6. The number of carbonyl (C=O) groups excluding carboxylic acids is 1. The van der Waals surface area contributed by atoms with Crippen LogP contribution >= 0.6 is 0 Å². The van der Waals surface area contributed by atoms with Crippen LogP contribution in [0.1, 0.15) is 21.6 Å². The molecule has 1 unspecified atom stereocenters. The van der Waals surface area contributed by atoms with Gasteiger partial charge in [0.2, 0.25) is 0 Å². The van der Waals surface area contributed by atoms with Crippen LogP contribution in [-0.2, 0) is 19.4 Å². The van der Waals surface area contributed by atoms with Crippen molar-refractivity contribution in [3.8, 4) is 11.3 Å². The van der Waals surface area contributed by atoms with Gasteiger partial charge in [0.05, 0.1) is 24.9 Å². The number of carbonyl (C=O) groups is 1. The number of aliphatic hydroxyl groups excluding tert-OH is 1. The molecule has 0 saturated carbocycles. The summed E-state index contributed by atoms with van der Waals surface area (Å²) in [6.07, 6.45) is 5.33. The lowest BCUT2D eigenvalue weighted by molar-refractivity contribution is 0.0548. The molecule has 2 aromatic rings. The summed E-state index contributed by atoms with van der Waals surface area (Å²) in [5.41, 5.74) is 4.86. The fraction of sp³-hybridized carbons (Fsp3) is 0.400. The molecule has 1 amide bonds. The van der Waals surface area contributed by atoms with Crippen LogP contribution in [-0.4, -0.2) is 50.4 Å². The van der Waals surface area contributed by atoms with Crippen LogP contribution in [0.25, 0.3) is 11.3 Å². The molecule has 2 aliphatic rings. The number of likely N-dealkylation sites (N-methyl/N-ethyl adjacent to an activating group) is 1. The Morgan fingerprint density at radius 3 is 3.10 bits per heavy atom. The quantitative estimate of drug-likeness (QED) is 0.827. The second kappa shape index (κ2) is 4.39. The molecular formula is C15H16N4O2. The molecule has 1 atom stereocenters. The molecule has 0 aromatic carbocycles. The molecule has 108 valence electrons. The Kier molecular flexibility index (Phi) is 2.62. The average molecular weight is 284 g/mol. The standard InChI is InChI=1S/C15H16N4O2/c1-18-10(8-20)7-19-14(15(18)21)12-3-2-9-6-16-5-4-11(9)13(12)17-19/h4-6,10,20H,2-3,7-8H2,1H3. The van der Waals surface area contributed by atoms with Gasteiger partial charge in [-0.05, 0) is 24.5 Å². The average Bonchev–Trinajstić information content (AvgIpc) is 2.89. The molecule has 2 aromatic heterocycles. The maximum absolute atomic E-state index is 12.6. The first-order valence-corrected chi connectivity index (χ1v) is 7.11. The second-order valence-corrected chi connectivity index (χ2v) is 5.64. The molecule has 6 nitrogen and oxygen atoms in total.